The van der Waals surface area contributed by atoms with E-state index in [0.717, 1.165) is 16.8 Å². The highest BCUT2D eigenvalue weighted by molar-refractivity contribution is 7.89. The van der Waals surface area contributed by atoms with Crippen molar-refractivity contribution in [3.05, 3.63) is 29.3 Å². The van der Waals surface area contributed by atoms with Gasteiger partial charge in [0, 0.05) is 19.3 Å². The van der Waals surface area contributed by atoms with Gasteiger partial charge in [-0.05, 0) is 30.5 Å². The number of nitrogens with zero attached hydrogens (tertiary/aromatic N) is 1. The second-order valence-electron chi connectivity index (χ2n) is 4.64. The fraction of sp³-hybridized carbons (Fsp3) is 0.462. The van der Waals surface area contributed by atoms with Gasteiger partial charge >= 0.3 is 0 Å². The minimum absolute atomic E-state index is 0.0937. The molecule has 5 nitrogen and oxygen atoms in total. The molecule has 1 aliphatic heterocycles. The standard InChI is InChI=1S/C13H18N2O3S/c1-3-19(17,18)14-7-6-10-4-5-12-11(8-10)9-13(16)15(12)2/h4-5,8,14H,3,6-7,9H2,1-2H3. The first-order chi connectivity index (χ1) is 8.93. The number of carbonyl (C=O) groups is 1. The highest BCUT2D eigenvalue weighted by Gasteiger charge is 2.23. The van der Waals surface area contributed by atoms with Gasteiger partial charge in [0.25, 0.3) is 0 Å². The Morgan fingerprint density at radius 3 is 2.79 bits per heavy atom. The molecular weight excluding hydrogens is 264 g/mol. The zero-order valence-electron chi connectivity index (χ0n) is 11.1. The second kappa shape index (κ2) is 5.30. The van der Waals surface area contributed by atoms with Crippen LogP contribution in [0.5, 0.6) is 0 Å². The van der Waals surface area contributed by atoms with Crippen LogP contribution in [0.2, 0.25) is 0 Å². The zero-order valence-corrected chi connectivity index (χ0v) is 12.0. The number of hydrogen-bond acceptors (Lipinski definition) is 3. The highest BCUT2D eigenvalue weighted by Crippen LogP contribution is 2.28. The van der Waals surface area contributed by atoms with E-state index >= 15 is 0 Å². The Balaban J connectivity index is 2.01. The summed E-state index contributed by atoms with van der Waals surface area (Å²) in [6.45, 7) is 2.00. The molecule has 1 aliphatic rings. The molecule has 0 fully saturated rings. The van der Waals surface area contributed by atoms with Gasteiger partial charge in [0.2, 0.25) is 15.9 Å². The lowest BCUT2D eigenvalue weighted by molar-refractivity contribution is -0.117. The van der Waals surface area contributed by atoms with Crippen LogP contribution in [0.25, 0.3) is 0 Å². The molecule has 6 heteroatoms. The molecule has 1 amide bonds. The fourth-order valence-electron chi connectivity index (χ4n) is 2.13. The molecule has 0 aliphatic carbocycles. The second-order valence-corrected chi connectivity index (χ2v) is 6.74. The summed E-state index contributed by atoms with van der Waals surface area (Å²) >= 11 is 0. The Labute approximate surface area is 113 Å². The molecule has 1 aromatic rings. The average Bonchev–Trinajstić information content (AvgIpc) is 2.65. The maximum Gasteiger partial charge on any atom is 0.231 e. The van der Waals surface area contributed by atoms with Gasteiger partial charge in [-0.15, -0.1) is 0 Å². The molecule has 0 bridgehead atoms. The molecule has 1 N–H and O–H groups in total. The highest BCUT2D eigenvalue weighted by atomic mass is 32.2. The normalized spacial score (nSPS) is 14.8. The summed E-state index contributed by atoms with van der Waals surface area (Å²) in [6, 6.07) is 5.84. The Morgan fingerprint density at radius 2 is 2.11 bits per heavy atom. The van der Waals surface area contributed by atoms with Crippen LogP contribution in [0.3, 0.4) is 0 Å². The van der Waals surface area contributed by atoms with Gasteiger partial charge in [-0.2, -0.15) is 0 Å². The summed E-state index contributed by atoms with van der Waals surface area (Å²) in [7, 11) is -1.36. The van der Waals surface area contributed by atoms with Crippen LogP contribution >= 0.6 is 0 Å². The number of benzene rings is 1. The number of fused-ring (bicyclic) bond motifs is 1. The summed E-state index contributed by atoms with van der Waals surface area (Å²) in [5.74, 6) is 0.190. The summed E-state index contributed by atoms with van der Waals surface area (Å²) in [4.78, 5) is 13.2. The molecule has 0 unspecified atom stereocenters. The van der Waals surface area contributed by atoms with Crippen LogP contribution in [-0.2, 0) is 27.7 Å². The maximum atomic E-state index is 11.6. The average molecular weight is 282 g/mol. The zero-order chi connectivity index (χ0) is 14.0. The summed E-state index contributed by atoms with van der Waals surface area (Å²) < 4.78 is 25.1. The minimum atomic E-state index is -3.13. The van der Waals surface area contributed by atoms with Crippen molar-refractivity contribution in [3.63, 3.8) is 0 Å². The predicted octanol–water partition coefficient (Wildman–Crippen LogP) is 0.687. The Kier molecular flexibility index (Phi) is 3.91. The van der Waals surface area contributed by atoms with Gasteiger partial charge in [-0.1, -0.05) is 12.1 Å². The summed E-state index contributed by atoms with van der Waals surface area (Å²) in [5, 5.41) is 0. The van der Waals surface area contributed by atoms with Crippen LogP contribution in [0.15, 0.2) is 18.2 Å². The van der Waals surface area contributed by atoms with Crippen molar-refractivity contribution in [3.8, 4) is 0 Å². The molecule has 0 saturated carbocycles. The van der Waals surface area contributed by atoms with E-state index in [4.69, 9.17) is 0 Å². The van der Waals surface area contributed by atoms with Crippen molar-refractivity contribution >= 4 is 21.6 Å². The molecule has 0 atom stereocenters. The van der Waals surface area contributed by atoms with E-state index in [0.29, 0.717) is 19.4 Å². The molecule has 19 heavy (non-hydrogen) atoms. The number of rotatable bonds is 5. The lowest BCUT2D eigenvalue weighted by atomic mass is 10.1. The van der Waals surface area contributed by atoms with Crippen molar-refractivity contribution in [2.24, 2.45) is 0 Å². The number of anilines is 1. The molecule has 0 spiro atoms. The molecule has 1 aromatic carbocycles. The minimum Gasteiger partial charge on any atom is -0.315 e. The van der Waals surface area contributed by atoms with Gasteiger partial charge in [0.05, 0.1) is 12.2 Å². The van der Waals surface area contributed by atoms with Crippen LogP contribution < -0.4 is 9.62 Å². The third kappa shape index (κ3) is 3.13. The van der Waals surface area contributed by atoms with E-state index in [1.54, 1.807) is 18.9 Å². The smallest absolute Gasteiger partial charge is 0.231 e. The first-order valence-corrected chi connectivity index (χ1v) is 7.94. The number of hydrogen-bond donors (Lipinski definition) is 1. The topological polar surface area (TPSA) is 66.5 Å². The Hall–Kier alpha value is -1.40. The predicted molar refractivity (Wildman–Crippen MR) is 74.7 cm³/mol. The lowest BCUT2D eigenvalue weighted by Crippen LogP contribution is -2.27. The van der Waals surface area contributed by atoms with E-state index in [-0.39, 0.29) is 11.7 Å². The van der Waals surface area contributed by atoms with Crippen LogP contribution in [-0.4, -0.2) is 33.7 Å². The molecular formula is C13H18N2O3S. The number of nitrogens with one attached hydrogen (secondary N) is 1. The van der Waals surface area contributed by atoms with Crippen molar-refractivity contribution in [2.45, 2.75) is 19.8 Å². The van der Waals surface area contributed by atoms with Gasteiger partial charge in [-0.25, -0.2) is 13.1 Å². The SMILES string of the molecule is CCS(=O)(=O)NCCc1ccc2c(c1)CC(=O)N2C. The maximum absolute atomic E-state index is 11.6. The van der Waals surface area contributed by atoms with Crippen LogP contribution in [0.4, 0.5) is 5.69 Å². The molecule has 2 rings (SSSR count). The first-order valence-electron chi connectivity index (χ1n) is 6.28. The molecule has 0 aromatic heterocycles. The van der Waals surface area contributed by atoms with E-state index in [1.165, 1.54) is 0 Å². The van der Waals surface area contributed by atoms with Crippen molar-refractivity contribution in [2.75, 3.05) is 24.2 Å². The fourth-order valence-corrected chi connectivity index (χ4v) is 2.75. The van der Waals surface area contributed by atoms with Gasteiger partial charge in [0.15, 0.2) is 0 Å². The van der Waals surface area contributed by atoms with Crippen LogP contribution in [0.1, 0.15) is 18.1 Å². The third-order valence-electron chi connectivity index (χ3n) is 3.34. The number of amides is 1. The van der Waals surface area contributed by atoms with E-state index < -0.39 is 10.0 Å². The largest absolute Gasteiger partial charge is 0.315 e. The Bertz CT molecular complexity index is 596. The number of sulfonamides is 1. The van der Waals surface area contributed by atoms with Gasteiger partial charge < -0.3 is 4.90 Å². The Morgan fingerprint density at radius 1 is 1.37 bits per heavy atom. The quantitative estimate of drug-likeness (QED) is 0.864. The molecule has 104 valence electrons. The van der Waals surface area contributed by atoms with Gasteiger partial charge in [0.1, 0.15) is 0 Å². The molecule has 0 saturated heterocycles. The van der Waals surface area contributed by atoms with Gasteiger partial charge in [-0.3, -0.25) is 4.79 Å². The van der Waals surface area contributed by atoms with E-state index in [2.05, 4.69) is 4.72 Å². The summed E-state index contributed by atoms with van der Waals surface area (Å²) in [5.41, 5.74) is 3.01. The molecule has 0 radical (unpaired) electrons. The van der Waals surface area contributed by atoms with E-state index in [1.807, 2.05) is 18.2 Å². The van der Waals surface area contributed by atoms with Crippen LogP contribution in [0, 0.1) is 0 Å². The van der Waals surface area contributed by atoms with Crippen molar-refractivity contribution < 1.29 is 13.2 Å². The first kappa shape index (κ1) is 14.0. The monoisotopic (exact) mass is 282 g/mol. The van der Waals surface area contributed by atoms with E-state index in [9.17, 15) is 13.2 Å². The number of likely N-dealkylation sites (N-methyl/N-ethyl adjacent to an activating group) is 1. The lowest BCUT2D eigenvalue weighted by Gasteiger charge is -2.10. The third-order valence-corrected chi connectivity index (χ3v) is 4.74. The van der Waals surface area contributed by atoms with Crippen molar-refractivity contribution in [1.29, 1.82) is 0 Å². The van der Waals surface area contributed by atoms with Crippen molar-refractivity contribution in [1.82, 2.24) is 4.72 Å². The molecule has 1 heterocycles. The number of carbonyl (C=O) groups excluding carboxylic acids is 1. The summed E-state index contributed by atoms with van der Waals surface area (Å²) in [6.07, 6.45) is 1.06.